The molecule has 1 saturated heterocycles. The predicted molar refractivity (Wildman–Crippen MR) is 138 cm³/mol. The van der Waals surface area contributed by atoms with Crippen molar-refractivity contribution in [2.75, 3.05) is 45.8 Å². The lowest BCUT2D eigenvalue weighted by Crippen LogP contribution is -2.54. The van der Waals surface area contributed by atoms with Gasteiger partial charge in [-0.3, -0.25) is 14.7 Å². The molecule has 2 fully saturated rings. The van der Waals surface area contributed by atoms with Crippen molar-refractivity contribution in [3.8, 4) is 0 Å². The minimum atomic E-state index is 0. The number of hydrogen-bond acceptors (Lipinski definition) is 3. The minimum absolute atomic E-state index is 0. The Labute approximate surface area is 202 Å². The maximum absolute atomic E-state index is 12.0. The molecule has 2 N–H and O–H groups in total. The highest BCUT2D eigenvalue weighted by atomic mass is 127. The van der Waals surface area contributed by atoms with Gasteiger partial charge in [-0.25, -0.2) is 0 Å². The number of nitrogens with one attached hydrogen (secondary N) is 2. The first-order valence-corrected chi connectivity index (χ1v) is 11.2. The lowest BCUT2D eigenvalue weighted by molar-refractivity contribution is -0.122. The Bertz CT molecular complexity index is 885. The third-order valence-electron chi connectivity index (χ3n) is 5.84. The van der Waals surface area contributed by atoms with E-state index in [4.69, 9.17) is 4.99 Å². The number of aliphatic imine (C=N–C) groups is 1. The van der Waals surface area contributed by atoms with Crippen molar-refractivity contribution in [3.05, 3.63) is 48.0 Å². The Morgan fingerprint density at radius 3 is 2.55 bits per heavy atom. The number of carbonyl (C=O) groups excluding carboxylic acids is 1. The fourth-order valence-electron chi connectivity index (χ4n) is 4.04. The summed E-state index contributed by atoms with van der Waals surface area (Å²) in [5.41, 5.74) is 1.35. The lowest BCUT2D eigenvalue weighted by atomic mass is 10.0. The molecule has 1 aliphatic heterocycles. The number of benzene rings is 2. The first-order chi connectivity index (χ1) is 14.7. The number of guanidine groups is 1. The van der Waals surface area contributed by atoms with E-state index in [1.165, 1.54) is 16.3 Å². The van der Waals surface area contributed by atoms with E-state index in [1.54, 1.807) is 0 Å². The molecule has 1 amide bonds. The zero-order chi connectivity index (χ0) is 20.8. The molecule has 0 bridgehead atoms. The van der Waals surface area contributed by atoms with Gasteiger partial charge in [-0.1, -0.05) is 42.5 Å². The quantitative estimate of drug-likeness (QED) is 0.326. The third-order valence-corrected chi connectivity index (χ3v) is 5.84. The summed E-state index contributed by atoms with van der Waals surface area (Å²) >= 11 is 0. The average Bonchev–Trinajstić information content (AvgIpc) is 3.58. The van der Waals surface area contributed by atoms with Crippen LogP contribution < -0.4 is 10.6 Å². The monoisotopic (exact) mass is 535 g/mol. The zero-order valence-corrected chi connectivity index (χ0v) is 20.7. The summed E-state index contributed by atoms with van der Waals surface area (Å²) in [6, 6.07) is 15.5. The minimum Gasteiger partial charge on any atom is -0.357 e. The van der Waals surface area contributed by atoms with Crippen LogP contribution in [0.1, 0.15) is 25.3 Å². The predicted octanol–water partition coefficient (Wildman–Crippen LogP) is 2.86. The van der Waals surface area contributed by atoms with Crippen LogP contribution in [-0.2, 0) is 11.2 Å². The standard InChI is InChI=1S/C24H33N5O.HI/c1-2-25-24(26-13-12-20-8-5-7-19-6-3-4-9-22(19)20)29-16-14-28(15-17-29)18-23(30)27-21-10-11-21;/h3-9,21H,2,10-18H2,1H3,(H,25,26)(H,27,30);1H. The largest absolute Gasteiger partial charge is 0.357 e. The van der Waals surface area contributed by atoms with Crippen LogP contribution in [0.15, 0.2) is 47.5 Å². The summed E-state index contributed by atoms with van der Waals surface area (Å²) in [6.45, 7) is 7.83. The van der Waals surface area contributed by atoms with Crippen LogP contribution in [0, 0.1) is 0 Å². The second-order valence-electron chi connectivity index (χ2n) is 8.23. The topological polar surface area (TPSA) is 60.0 Å². The number of piperazine rings is 1. The highest BCUT2D eigenvalue weighted by molar-refractivity contribution is 14.0. The van der Waals surface area contributed by atoms with Gasteiger partial charge in [0.15, 0.2) is 5.96 Å². The fourth-order valence-corrected chi connectivity index (χ4v) is 4.04. The Kier molecular flexibility index (Phi) is 8.95. The van der Waals surface area contributed by atoms with Crippen LogP contribution in [0.4, 0.5) is 0 Å². The summed E-state index contributed by atoms with van der Waals surface area (Å²) in [4.78, 5) is 21.5. The molecule has 0 aromatic heterocycles. The molecule has 4 rings (SSSR count). The van der Waals surface area contributed by atoms with E-state index in [-0.39, 0.29) is 29.9 Å². The number of fused-ring (bicyclic) bond motifs is 1. The van der Waals surface area contributed by atoms with Gasteiger partial charge in [0, 0.05) is 45.3 Å². The van der Waals surface area contributed by atoms with Gasteiger partial charge in [-0.15, -0.1) is 24.0 Å². The molecular weight excluding hydrogens is 501 g/mol. The molecule has 1 saturated carbocycles. The summed E-state index contributed by atoms with van der Waals surface area (Å²) in [6.07, 6.45) is 3.21. The van der Waals surface area contributed by atoms with Crippen molar-refractivity contribution in [2.45, 2.75) is 32.2 Å². The normalized spacial score (nSPS) is 17.3. The highest BCUT2D eigenvalue weighted by Gasteiger charge is 2.25. The van der Waals surface area contributed by atoms with Crippen LogP contribution in [0.2, 0.25) is 0 Å². The van der Waals surface area contributed by atoms with Gasteiger partial charge < -0.3 is 15.5 Å². The second-order valence-corrected chi connectivity index (χ2v) is 8.23. The van der Waals surface area contributed by atoms with Gasteiger partial charge >= 0.3 is 0 Å². The molecule has 0 radical (unpaired) electrons. The molecule has 168 valence electrons. The van der Waals surface area contributed by atoms with Gasteiger partial charge in [0.1, 0.15) is 0 Å². The first-order valence-electron chi connectivity index (χ1n) is 11.2. The summed E-state index contributed by atoms with van der Waals surface area (Å²) in [5, 5.41) is 9.13. The van der Waals surface area contributed by atoms with Gasteiger partial charge in [0.05, 0.1) is 6.54 Å². The number of halogens is 1. The molecule has 31 heavy (non-hydrogen) atoms. The van der Waals surface area contributed by atoms with E-state index in [0.717, 1.165) is 64.5 Å². The van der Waals surface area contributed by atoms with Crippen molar-refractivity contribution in [3.63, 3.8) is 0 Å². The number of amides is 1. The smallest absolute Gasteiger partial charge is 0.234 e. The molecule has 7 heteroatoms. The van der Waals surface area contributed by atoms with Gasteiger partial charge in [-0.2, -0.15) is 0 Å². The molecular formula is C24H34IN5O. The van der Waals surface area contributed by atoms with E-state index in [2.05, 4.69) is 69.8 Å². The Morgan fingerprint density at radius 1 is 1.06 bits per heavy atom. The van der Waals surface area contributed by atoms with Crippen molar-refractivity contribution in [2.24, 2.45) is 4.99 Å². The third kappa shape index (κ3) is 6.80. The molecule has 1 heterocycles. The van der Waals surface area contributed by atoms with Crippen LogP contribution >= 0.6 is 24.0 Å². The van der Waals surface area contributed by atoms with Gasteiger partial charge in [0.25, 0.3) is 0 Å². The van der Waals surface area contributed by atoms with Crippen LogP contribution in [-0.4, -0.2) is 73.5 Å². The fraction of sp³-hybridized carbons (Fsp3) is 0.500. The maximum Gasteiger partial charge on any atom is 0.234 e. The first kappa shape index (κ1) is 23.8. The van der Waals surface area contributed by atoms with E-state index in [9.17, 15) is 4.79 Å². The lowest BCUT2D eigenvalue weighted by Gasteiger charge is -2.36. The molecule has 0 atom stereocenters. The van der Waals surface area contributed by atoms with Crippen molar-refractivity contribution >= 4 is 46.6 Å². The molecule has 0 unspecified atom stereocenters. The van der Waals surface area contributed by atoms with Gasteiger partial charge in [-0.05, 0) is 42.5 Å². The highest BCUT2D eigenvalue weighted by Crippen LogP contribution is 2.19. The van der Waals surface area contributed by atoms with E-state index < -0.39 is 0 Å². The number of rotatable bonds is 7. The summed E-state index contributed by atoms with van der Waals surface area (Å²) in [5.74, 6) is 1.15. The Morgan fingerprint density at radius 2 is 1.81 bits per heavy atom. The van der Waals surface area contributed by atoms with E-state index in [0.29, 0.717) is 12.6 Å². The van der Waals surface area contributed by atoms with Gasteiger partial charge in [0.2, 0.25) is 5.91 Å². The number of nitrogens with zero attached hydrogens (tertiary/aromatic N) is 3. The van der Waals surface area contributed by atoms with Crippen molar-refractivity contribution < 1.29 is 4.79 Å². The van der Waals surface area contributed by atoms with Crippen LogP contribution in [0.3, 0.4) is 0 Å². The summed E-state index contributed by atoms with van der Waals surface area (Å²) < 4.78 is 0. The molecule has 1 aliphatic carbocycles. The number of hydrogen-bond donors (Lipinski definition) is 2. The maximum atomic E-state index is 12.0. The van der Waals surface area contributed by atoms with Crippen molar-refractivity contribution in [1.82, 2.24) is 20.4 Å². The molecule has 0 spiro atoms. The SMILES string of the molecule is CCNC(=NCCc1cccc2ccccc12)N1CCN(CC(=O)NC2CC2)CC1.I. The van der Waals surface area contributed by atoms with E-state index in [1.807, 2.05) is 0 Å². The second kappa shape index (κ2) is 11.7. The zero-order valence-electron chi connectivity index (χ0n) is 18.3. The number of carbonyl (C=O) groups is 1. The Balaban J connectivity index is 0.00000272. The molecule has 2 aromatic carbocycles. The van der Waals surface area contributed by atoms with Crippen LogP contribution in [0.25, 0.3) is 10.8 Å². The van der Waals surface area contributed by atoms with Crippen LogP contribution in [0.5, 0.6) is 0 Å². The van der Waals surface area contributed by atoms with E-state index >= 15 is 0 Å². The average molecular weight is 535 g/mol. The molecule has 2 aromatic rings. The van der Waals surface area contributed by atoms with Crippen molar-refractivity contribution in [1.29, 1.82) is 0 Å². The molecule has 2 aliphatic rings. The molecule has 6 nitrogen and oxygen atoms in total. The Hall–Kier alpha value is -1.87. The summed E-state index contributed by atoms with van der Waals surface area (Å²) in [7, 11) is 0.